The second-order valence-electron chi connectivity index (χ2n) is 4.35. The van der Waals surface area contributed by atoms with Crippen molar-refractivity contribution in [3.63, 3.8) is 0 Å². The summed E-state index contributed by atoms with van der Waals surface area (Å²) in [5.41, 5.74) is 4.08. The van der Waals surface area contributed by atoms with E-state index in [1.54, 1.807) is 6.92 Å². The fourth-order valence-corrected chi connectivity index (χ4v) is 1.68. The minimum Gasteiger partial charge on any atom is -0.395 e. The van der Waals surface area contributed by atoms with Crippen LogP contribution in [0.1, 0.15) is 23.0 Å². The summed E-state index contributed by atoms with van der Waals surface area (Å²) in [6.07, 6.45) is 0.597. The number of amides is 1. The number of hydrogen-bond acceptors (Lipinski definition) is 5. The predicted molar refractivity (Wildman–Crippen MR) is 76.1 cm³/mol. The number of nitrogens with zero attached hydrogens (tertiary/aromatic N) is 2. The van der Waals surface area contributed by atoms with Crippen LogP contribution in [0.4, 0.5) is 5.88 Å². The fraction of sp³-hybridized carbons (Fsp3) is 0.143. The van der Waals surface area contributed by atoms with Gasteiger partial charge in [0.25, 0.3) is 0 Å². The highest BCUT2D eigenvalue weighted by Crippen LogP contribution is 2.15. The van der Waals surface area contributed by atoms with Crippen molar-refractivity contribution in [1.82, 2.24) is 5.43 Å². The normalized spacial score (nSPS) is 11.2. The van der Waals surface area contributed by atoms with Gasteiger partial charge in [0.15, 0.2) is 0 Å². The minimum absolute atomic E-state index is 0.155. The molecule has 0 saturated heterocycles. The summed E-state index contributed by atoms with van der Waals surface area (Å²) in [4.78, 5) is 21.5. The van der Waals surface area contributed by atoms with E-state index < -0.39 is 16.7 Å². The van der Waals surface area contributed by atoms with Gasteiger partial charge in [0.2, 0.25) is 5.76 Å². The maximum absolute atomic E-state index is 11.7. The monoisotopic (exact) mass is 287 g/mol. The first-order valence-electron chi connectivity index (χ1n) is 6.18. The van der Waals surface area contributed by atoms with Crippen molar-refractivity contribution in [2.75, 3.05) is 0 Å². The Morgan fingerprint density at radius 1 is 1.29 bits per heavy atom. The number of hydrogen-bond donors (Lipinski definition) is 1. The highest BCUT2D eigenvalue weighted by Gasteiger charge is 2.16. The zero-order valence-corrected chi connectivity index (χ0v) is 11.3. The molecule has 21 heavy (non-hydrogen) atoms. The molecular weight excluding hydrogens is 274 g/mol. The van der Waals surface area contributed by atoms with Gasteiger partial charge in [0, 0.05) is 12.1 Å². The van der Waals surface area contributed by atoms with Crippen molar-refractivity contribution in [3.05, 3.63) is 63.9 Å². The van der Waals surface area contributed by atoms with Crippen molar-refractivity contribution < 1.29 is 14.1 Å². The van der Waals surface area contributed by atoms with Crippen molar-refractivity contribution in [1.29, 1.82) is 0 Å². The molecule has 7 heteroatoms. The number of carbonyl (C=O) groups is 1. The second-order valence-corrected chi connectivity index (χ2v) is 4.35. The van der Waals surface area contributed by atoms with E-state index in [0.717, 1.165) is 11.6 Å². The third kappa shape index (κ3) is 4.00. The molecule has 0 atom stereocenters. The Kier molecular flexibility index (Phi) is 4.45. The Bertz CT molecular complexity index is 677. The number of nitrogens with one attached hydrogen (secondary N) is 1. The first-order chi connectivity index (χ1) is 10.1. The van der Waals surface area contributed by atoms with Crippen LogP contribution in [0.25, 0.3) is 0 Å². The van der Waals surface area contributed by atoms with Gasteiger partial charge in [-0.3, -0.25) is 14.9 Å². The van der Waals surface area contributed by atoms with E-state index in [-0.39, 0.29) is 5.76 Å². The van der Waals surface area contributed by atoms with E-state index in [4.69, 9.17) is 4.42 Å². The number of furan rings is 1. The average Bonchev–Trinajstić information content (AvgIpc) is 2.96. The SMILES string of the molecule is C/C(Cc1ccccc1)=N\NC(=O)c1ccc([N+](=O)[O-])o1. The molecule has 0 unspecified atom stereocenters. The van der Waals surface area contributed by atoms with Crippen LogP contribution in [0, 0.1) is 10.1 Å². The van der Waals surface area contributed by atoms with Crippen LogP contribution < -0.4 is 5.43 Å². The molecule has 1 N–H and O–H groups in total. The predicted octanol–water partition coefficient (Wildman–Crippen LogP) is 2.54. The van der Waals surface area contributed by atoms with Crippen LogP contribution >= 0.6 is 0 Å². The Morgan fingerprint density at radius 2 is 2.00 bits per heavy atom. The van der Waals surface area contributed by atoms with Gasteiger partial charge in [-0.25, -0.2) is 5.43 Å². The fourth-order valence-electron chi connectivity index (χ4n) is 1.68. The molecule has 7 nitrogen and oxygen atoms in total. The summed E-state index contributed by atoms with van der Waals surface area (Å²) in [6.45, 7) is 1.78. The zero-order chi connectivity index (χ0) is 15.2. The standard InChI is InChI=1S/C14H13N3O4/c1-10(9-11-5-3-2-4-6-11)15-16-14(18)12-7-8-13(21-12)17(19)20/h2-8H,9H2,1H3,(H,16,18)/b15-10+. The summed E-state index contributed by atoms with van der Waals surface area (Å²) in [6, 6.07) is 12.0. The van der Waals surface area contributed by atoms with Gasteiger partial charge in [0.1, 0.15) is 4.92 Å². The zero-order valence-electron chi connectivity index (χ0n) is 11.3. The molecule has 0 spiro atoms. The molecule has 1 amide bonds. The Labute approximate surface area is 120 Å². The Hall–Kier alpha value is -2.96. The summed E-state index contributed by atoms with van der Waals surface area (Å²) >= 11 is 0. The lowest BCUT2D eigenvalue weighted by atomic mass is 10.1. The van der Waals surface area contributed by atoms with E-state index in [0.29, 0.717) is 12.1 Å². The molecule has 0 fully saturated rings. The largest absolute Gasteiger partial charge is 0.433 e. The number of benzene rings is 1. The molecule has 2 rings (SSSR count). The van der Waals surface area contributed by atoms with Crippen LogP contribution in [0.5, 0.6) is 0 Å². The van der Waals surface area contributed by atoms with Gasteiger partial charge in [0.05, 0.1) is 6.07 Å². The molecule has 2 aromatic rings. The smallest absolute Gasteiger partial charge is 0.395 e. The van der Waals surface area contributed by atoms with Gasteiger partial charge in [-0.05, 0) is 18.6 Å². The number of hydrazone groups is 1. The molecule has 0 aliphatic rings. The molecule has 1 aromatic carbocycles. The van der Waals surface area contributed by atoms with Gasteiger partial charge >= 0.3 is 11.8 Å². The number of nitro groups is 1. The Balaban J connectivity index is 1.95. The van der Waals surface area contributed by atoms with Crippen LogP contribution in [0.15, 0.2) is 52.0 Å². The summed E-state index contributed by atoms with van der Waals surface area (Å²) < 4.78 is 4.78. The lowest BCUT2D eigenvalue weighted by Gasteiger charge is -2.01. The molecule has 0 radical (unpaired) electrons. The second kappa shape index (κ2) is 6.47. The first kappa shape index (κ1) is 14.4. The molecular formula is C14H13N3O4. The average molecular weight is 287 g/mol. The van der Waals surface area contributed by atoms with Crippen molar-refractivity contribution in [3.8, 4) is 0 Å². The van der Waals surface area contributed by atoms with Crippen LogP contribution in [-0.2, 0) is 6.42 Å². The van der Waals surface area contributed by atoms with Crippen molar-refractivity contribution in [2.24, 2.45) is 5.10 Å². The van der Waals surface area contributed by atoms with E-state index in [2.05, 4.69) is 10.5 Å². The molecule has 1 aromatic heterocycles. The molecule has 0 saturated carbocycles. The van der Waals surface area contributed by atoms with Crippen LogP contribution in [-0.4, -0.2) is 16.5 Å². The third-order valence-electron chi connectivity index (χ3n) is 2.65. The lowest BCUT2D eigenvalue weighted by Crippen LogP contribution is -2.19. The molecule has 0 aliphatic carbocycles. The maximum atomic E-state index is 11.7. The quantitative estimate of drug-likeness (QED) is 0.519. The highest BCUT2D eigenvalue weighted by atomic mass is 16.6. The molecule has 0 aliphatic heterocycles. The van der Waals surface area contributed by atoms with Gasteiger partial charge < -0.3 is 4.42 Å². The number of rotatable bonds is 5. The lowest BCUT2D eigenvalue weighted by molar-refractivity contribution is -0.402. The molecule has 0 bridgehead atoms. The summed E-state index contributed by atoms with van der Waals surface area (Å²) in [7, 11) is 0. The van der Waals surface area contributed by atoms with Gasteiger partial charge in [-0.1, -0.05) is 30.3 Å². The minimum atomic E-state index is -0.708. The van der Waals surface area contributed by atoms with E-state index in [9.17, 15) is 14.9 Å². The first-order valence-corrected chi connectivity index (χ1v) is 6.18. The van der Waals surface area contributed by atoms with Crippen molar-refractivity contribution in [2.45, 2.75) is 13.3 Å². The molecule has 108 valence electrons. The third-order valence-corrected chi connectivity index (χ3v) is 2.65. The summed E-state index contributed by atoms with van der Waals surface area (Å²) in [5.74, 6) is -1.27. The van der Waals surface area contributed by atoms with Crippen LogP contribution in [0.2, 0.25) is 0 Å². The van der Waals surface area contributed by atoms with Crippen molar-refractivity contribution >= 4 is 17.5 Å². The topological polar surface area (TPSA) is 97.7 Å². The van der Waals surface area contributed by atoms with Gasteiger partial charge in [-0.15, -0.1) is 0 Å². The van der Waals surface area contributed by atoms with E-state index >= 15 is 0 Å². The van der Waals surface area contributed by atoms with E-state index in [1.807, 2.05) is 30.3 Å². The molecule has 1 heterocycles. The van der Waals surface area contributed by atoms with Gasteiger partial charge in [-0.2, -0.15) is 5.10 Å². The Morgan fingerprint density at radius 3 is 2.62 bits per heavy atom. The van der Waals surface area contributed by atoms with E-state index in [1.165, 1.54) is 6.07 Å². The van der Waals surface area contributed by atoms with Crippen LogP contribution in [0.3, 0.4) is 0 Å². The summed E-state index contributed by atoms with van der Waals surface area (Å²) in [5, 5.41) is 14.4. The maximum Gasteiger partial charge on any atom is 0.433 e. The number of carbonyl (C=O) groups excluding carboxylic acids is 1. The highest BCUT2D eigenvalue weighted by molar-refractivity contribution is 5.93.